The molecular formula is C25H31F11N4O5. The molecule has 0 aliphatic heterocycles. The highest BCUT2D eigenvalue weighted by atomic mass is 19.4. The van der Waals surface area contributed by atoms with E-state index in [0.29, 0.717) is 0 Å². The Morgan fingerprint density at radius 2 is 1.02 bits per heavy atom. The number of benzene rings is 1. The van der Waals surface area contributed by atoms with E-state index in [-0.39, 0.29) is 18.2 Å². The number of halogens is 11. The van der Waals surface area contributed by atoms with Crippen LogP contribution >= 0.6 is 0 Å². The van der Waals surface area contributed by atoms with Crippen LogP contribution in [0.2, 0.25) is 0 Å². The third-order valence-electron chi connectivity index (χ3n) is 7.12. The Morgan fingerprint density at radius 1 is 0.667 bits per heavy atom. The summed E-state index contributed by atoms with van der Waals surface area (Å²) in [5.41, 5.74) is -11.8. The molecule has 0 bridgehead atoms. The fourth-order valence-corrected chi connectivity index (χ4v) is 5.11. The molecule has 1 saturated carbocycles. The molecule has 0 N–H and O–H groups in total. The number of quaternary nitrogens is 1. The first-order valence-electron chi connectivity index (χ1n) is 13.5. The summed E-state index contributed by atoms with van der Waals surface area (Å²) >= 11 is 0. The second-order valence-corrected chi connectivity index (χ2v) is 10.4. The molecule has 45 heavy (non-hydrogen) atoms. The van der Waals surface area contributed by atoms with E-state index in [1.54, 1.807) is 0 Å². The molecule has 20 heteroatoms. The lowest BCUT2D eigenvalue weighted by molar-refractivity contribution is -0.928. The van der Waals surface area contributed by atoms with Crippen molar-refractivity contribution < 1.29 is 67.7 Å². The summed E-state index contributed by atoms with van der Waals surface area (Å²) < 4.78 is 151. The van der Waals surface area contributed by atoms with Crippen molar-refractivity contribution in [3.63, 3.8) is 0 Å². The molecule has 0 radical (unpaired) electrons. The van der Waals surface area contributed by atoms with Crippen LogP contribution < -0.4 is 5.11 Å². The Hall–Kier alpha value is -3.32. The van der Waals surface area contributed by atoms with Gasteiger partial charge in [-0.1, -0.05) is 27.7 Å². The minimum atomic E-state index is -7.58. The van der Waals surface area contributed by atoms with E-state index in [4.69, 9.17) is 0 Å². The number of nitro groups is 2. The highest BCUT2D eigenvalue weighted by Gasteiger charge is 3.01. The molecule has 1 fully saturated rings. The lowest BCUT2D eigenvalue weighted by atomic mass is 9.72. The van der Waals surface area contributed by atoms with Gasteiger partial charge in [0.15, 0.2) is 0 Å². The van der Waals surface area contributed by atoms with E-state index in [1.165, 1.54) is 56.3 Å². The maximum absolute atomic E-state index is 14.6. The number of hydrogen-bond donors (Lipinski definition) is 0. The number of hydrogen-bond acceptors (Lipinski definition) is 6. The van der Waals surface area contributed by atoms with Crippen LogP contribution in [0.3, 0.4) is 0 Å². The first-order chi connectivity index (χ1) is 20.4. The zero-order valence-corrected chi connectivity index (χ0v) is 24.4. The number of non-ortho nitro benzene ring substituents is 1. The largest absolute Gasteiger partial charge is 0.859 e. The van der Waals surface area contributed by atoms with Gasteiger partial charge in [-0.15, -0.1) is 0 Å². The van der Waals surface area contributed by atoms with E-state index < -0.39 is 68.1 Å². The molecule has 1 aromatic rings. The van der Waals surface area contributed by atoms with Crippen LogP contribution in [0.5, 0.6) is 0 Å². The molecule has 0 amide bonds. The predicted molar refractivity (Wildman–Crippen MR) is 136 cm³/mol. The normalized spacial score (nSPS) is 20.9. The molecule has 1 aromatic carbocycles. The van der Waals surface area contributed by atoms with E-state index in [1.807, 2.05) is 4.99 Å². The van der Waals surface area contributed by atoms with Crippen molar-refractivity contribution in [3.8, 4) is 0 Å². The van der Waals surface area contributed by atoms with Gasteiger partial charge < -0.3 is 9.59 Å². The Kier molecular flexibility index (Phi) is 12.0. The van der Waals surface area contributed by atoms with Crippen LogP contribution in [0.4, 0.5) is 65.4 Å². The monoisotopic (exact) mass is 676 g/mol. The van der Waals surface area contributed by atoms with Crippen molar-refractivity contribution in [2.24, 2.45) is 4.99 Å². The van der Waals surface area contributed by atoms with Gasteiger partial charge in [0, 0.05) is 12.0 Å². The summed E-state index contributed by atoms with van der Waals surface area (Å²) in [4.78, 5) is 20.5. The van der Waals surface area contributed by atoms with E-state index in [0.717, 1.165) is 0 Å². The molecular weight excluding hydrogens is 645 g/mol. The van der Waals surface area contributed by atoms with Crippen molar-refractivity contribution in [3.05, 3.63) is 38.4 Å². The van der Waals surface area contributed by atoms with Crippen LogP contribution in [0.15, 0.2) is 23.2 Å². The Morgan fingerprint density at radius 3 is 1.33 bits per heavy atom. The van der Waals surface area contributed by atoms with Crippen LogP contribution in [-0.4, -0.2) is 81.7 Å². The van der Waals surface area contributed by atoms with E-state index >= 15 is 0 Å². The minimum absolute atomic E-state index is 0.00152. The van der Waals surface area contributed by atoms with Gasteiger partial charge in [0.1, 0.15) is 5.69 Å². The summed E-state index contributed by atoms with van der Waals surface area (Å²) in [7, 11) is 0. The van der Waals surface area contributed by atoms with Crippen molar-refractivity contribution >= 4 is 23.0 Å². The third-order valence-corrected chi connectivity index (χ3v) is 7.12. The fourth-order valence-electron chi connectivity index (χ4n) is 5.11. The van der Waals surface area contributed by atoms with Gasteiger partial charge >= 0.3 is 35.3 Å². The van der Waals surface area contributed by atoms with Crippen LogP contribution in [-0.2, 0) is 0 Å². The van der Waals surface area contributed by atoms with Crippen LogP contribution in [0, 0.1) is 20.2 Å². The topological polar surface area (TPSA) is 122 Å². The van der Waals surface area contributed by atoms with Crippen molar-refractivity contribution in [2.75, 3.05) is 26.2 Å². The molecule has 0 atom stereocenters. The Balaban J connectivity index is 0.000000656. The minimum Gasteiger partial charge on any atom is -0.859 e. The average molecular weight is 677 g/mol. The van der Waals surface area contributed by atoms with Crippen LogP contribution in [0.25, 0.3) is 0 Å². The molecule has 0 heterocycles. The molecule has 0 unspecified atom stereocenters. The second-order valence-electron chi connectivity index (χ2n) is 10.4. The van der Waals surface area contributed by atoms with Gasteiger partial charge in [0.2, 0.25) is 0 Å². The summed E-state index contributed by atoms with van der Waals surface area (Å²) in [5, 5.41) is 33.2. The zero-order chi connectivity index (χ0) is 35.4. The van der Waals surface area contributed by atoms with Crippen molar-refractivity contribution in [1.82, 2.24) is 0 Å². The Bertz CT molecular complexity index is 1200. The quantitative estimate of drug-likeness (QED) is 0.0578. The first-order valence-corrected chi connectivity index (χ1v) is 13.5. The number of nitro benzene ring substituents is 2. The Labute approximate surface area is 249 Å². The van der Waals surface area contributed by atoms with Crippen molar-refractivity contribution in [1.29, 1.82) is 0 Å². The van der Waals surface area contributed by atoms with E-state index in [9.17, 15) is 73.6 Å². The maximum atomic E-state index is 14.6. The van der Waals surface area contributed by atoms with Gasteiger partial charge in [-0.05, 0) is 31.7 Å². The number of alkyl halides is 11. The average Bonchev–Trinajstić information content (AvgIpc) is 2.92. The zero-order valence-electron chi connectivity index (χ0n) is 24.4. The summed E-state index contributed by atoms with van der Waals surface area (Å²) in [5.74, 6) is -41.7. The van der Waals surface area contributed by atoms with Crippen molar-refractivity contribution in [2.45, 2.75) is 88.7 Å². The third kappa shape index (κ3) is 6.38. The van der Waals surface area contributed by atoms with Gasteiger partial charge in [0.25, 0.3) is 11.4 Å². The highest BCUT2D eigenvalue weighted by Crippen LogP contribution is 2.69. The molecule has 0 aromatic heterocycles. The lowest BCUT2D eigenvalue weighted by Gasteiger charge is -2.53. The summed E-state index contributed by atoms with van der Waals surface area (Å²) in [6, 6.07) is 0.158. The molecule has 9 nitrogen and oxygen atoms in total. The van der Waals surface area contributed by atoms with Gasteiger partial charge in [0.05, 0.1) is 42.1 Å². The fraction of sp³-hybridized carbons (Fsp3) is 0.720. The summed E-state index contributed by atoms with van der Waals surface area (Å²) in [6.45, 7) is 14.8. The number of rotatable bonds is 12. The molecule has 0 saturated heterocycles. The highest BCUT2D eigenvalue weighted by molar-refractivity contribution is 5.88. The number of aliphatic imine (C=N–C) groups is 1. The lowest BCUT2D eigenvalue weighted by Crippen LogP contribution is -2.86. The predicted octanol–water partition coefficient (Wildman–Crippen LogP) is 7.23. The molecule has 1 aliphatic carbocycles. The molecule has 0 spiro atoms. The standard InChI is InChI=1S/C13H4F11N3O5.C12H28N/c14-8(7(28)25-5-2-1-4(26(29)30)3-6(5)27(31)32)9(15,16)11(19,20)13(23,24)12(21,22)10(8,17)18;1-5-9-13(10-6-2,11-7-3)12-8-4/h1-3H,(H,25,28);5-12H2,1-4H3/q;+1/p-1. The molecule has 1 aliphatic rings. The maximum Gasteiger partial charge on any atom is 0.384 e. The SMILES string of the molecule is CCC[N+](CCC)(CCC)CCC.O=[N+]([O-])c1ccc(N=C([O-])C2(F)C(F)(F)C(F)(F)C(F)(F)C(F)(F)C2(F)F)c([N+](=O)[O-])c1. The molecule has 2 rings (SSSR count). The first kappa shape index (κ1) is 39.7. The number of nitrogens with zero attached hydrogens (tertiary/aromatic N) is 4. The van der Waals surface area contributed by atoms with Gasteiger partial charge in [-0.25, -0.2) is 4.39 Å². The summed E-state index contributed by atoms with van der Waals surface area (Å²) in [6.07, 6.45) is 5.33. The van der Waals surface area contributed by atoms with E-state index in [2.05, 4.69) is 27.7 Å². The molecule has 258 valence electrons. The van der Waals surface area contributed by atoms with Gasteiger partial charge in [-0.2, -0.15) is 43.9 Å². The van der Waals surface area contributed by atoms with Gasteiger partial charge in [-0.3, -0.25) is 25.2 Å². The van der Waals surface area contributed by atoms with Crippen LogP contribution in [0.1, 0.15) is 53.4 Å². The second kappa shape index (κ2) is 13.6. The smallest absolute Gasteiger partial charge is 0.384 e.